The molecule has 0 amide bonds. The molecule has 0 saturated heterocycles. The highest BCUT2D eigenvalue weighted by Gasteiger charge is 2.26. The quantitative estimate of drug-likeness (QED) is 0.634. The van der Waals surface area contributed by atoms with Gasteiger partial charge in [-0.1, -0.05) is 46.0 Å². The average molecular weight is 409 g/mol. The van der Waals surface area contributed by atoms with Crippen LogP contribution in [-0.2, 0) is 11.2 Å². The summed E-state index contributed by atoms with van der Waals surface area (Å²) in [6, 6.07) is 4.05. The fourth-order valence-corrected chi connectivity index (χ4v) is 3.91. The third kappa shape index (κ3) is 6.28. The maximum absolute atomic E-state index is 12.3. The fourth-order valence-electron chi connectivity index (χ4n) is 3.91. The van der Waals surface area contributed by atoms with E-state index in [9.17, 15) is 4.79 Å². The van der Waals surface area contributed by atoms with Crippen molar-refractivity contribution in [2.75, 3.05) is 12.4 Å². The van der Waals surface area contributed by atoms with Crippen molar-refractivity contribution in [2.45, 2.75) is 72.1 Å². The van der Waals surface area contributed by atoms with Gasteiger partial charge in [-0.2, -0.15) is 0 Å². The normalized spacial score (nSPS) is 20.8. The summed E-state index contributed by atoms with van der Waals surface area (Å²) < 4.78 is 0. The van der Waals surface area contributed by atoms with Crippen molar-refractivity contribution in [1.29, 1.82) is 0 Å². The van der Waals surface area contributed by atoms with E-state index in [0.29, 0.717) is 5.92 Å². The smallest absolute Gasteiger partial charge is 0.159 e. The Morgan fingerprint density at radius 2 is 1.87 bits per heavy atom. The van der Waals surface area contributed by atoms with Gasteiger partial charge in [-0.25, -0.2) is 4.99 Å². The molecule has 1 aromatic rings. The molecule has 0 atom stereocenters. The standard InChI is InChI=1S/C21H28N4O.C4H8/c1-4-17-10-11-18(12-22-17)24-19-13-23-21(25(3)14-19)20(15(2)26)16-8-6-5-7-9-16;1-4-2-3-4/h10-14,16,24H,4-9H2,1-3H3;4H,2-3H2,1H3/b21-20+;. The van der Waals surface area contributed by atoms with Gasteiger partial charge in [0.1, 0.15) is 5.82 Å². The summed E-state index contributed by atoms with van der Waals surface area (Å²) in [6.07, 6.45) is 15.4. The zero-order valence-corrected chi connectivity index (χ0v) is 18.9. The largest absolute Gasteiger partial charge is 0.352 e. The Labute approximate surface area is 181 Å². The van der Waals surface area contributed by atoms with E-state index in [1.807, 2.05) is 36.5 Å². The van der Waals surface area contributed by atoms with Crippen molar-refractivity contribution in [1.82, 2.24) is 9.88 Å². The highest BCUT2D eigenvalue weighted by Crippen LogP contribution is 2.33. The highest BCUT2D eigenvalue weighted by molar-refractivity contribution is 5.95. The topological polar surface area (TPSA) is 57.6 Å². The molecule has 5 heteroatoms. The summed E-state index contributed by atoms with van der Waals surface area (Å²) in [5.41, 5.74) is 3.77. The number of allylic oxidation sites excluding steroid dienone is 2. The predicted molar refractivity (Wildman–Crippen MR) is 124 cm³/mol. The Balaban J connectivity index is 0.000000572. The molecule has 0 radical (unpaired) electrons. The zero-order valence-electron chi connectivity index (χ0n) is 18.9. The monoisotopic (exact) mass is 408 g/mol. The summed E-state index contributed by atoms with van der Waals surface area (Å²) in [4.78, 5) is 23.3. The summed E-state index contributed by atoms with van der Waals surface area (Å²) >= 11 is 0. The molecule has 3 aliphatic rings. The number of carbonyl (C=O) groups is 1. The first-order chi connectivity index (χ1) is 14.5. The first-order valence-electron chi connectivity index (χ1n) is 11.4. The Hall–Kier alpha value is -2.43. The molecule has 1 aromatic heterocycles. The molecule has 0 aromatic carbocycles. The van der Waals surface area contributed by atoms with Gasteiger partial charge in [-0.3, -0.25) is 9.78 Å². The van der Waals surface area contributed by atoms with Crippen LogP contribution in [0.4, 0.5) is 5.69 Å². The number of anilines is 1. The minimum Gasteiger partial charge on any atom is -0.352 e. The lowest BCUT2D eigenvalue weighted by Crippen LogP contribution is -2.25. The number of pyridine rings is 1. The molecule has 0 unspecified atom stereocenters. The molecule has 5 nitrogen and oxygen atoms in total. The van der Waals surface area contributed by atoms with Crippen LogP contribution in [0.2, 0.25) is 0 Å². The minimum atomic E-state index is 0.139. The number of aryl methyl sites for hydroxylation is 1. The number of hydrogen-bond acceptors (Lipinski definition) is 5. The lowest BCUT2D eigenvalue weighted by Gasteiger charge is -2.29. The van der Waals surface area contributed by atoms with Crippen LogP contribution in [0.5, 0.6) is 0 Å². The van der Waals surface area contributed by atoms with Crippen LogP contribution in [0.25, 0.3) is 0 Å². The van der Waals surface area contributed by atoms with Crippen molar-refractivity contribution in [3.63, 3.8) is 0 Å². The first kappa shape index (κ1) is 22.3. The lowest BCUT2D eigenvalue weighted by atomic mass is 9.82. The summed E-state index contributed by atoms with van der Waals surface area (Å²) in [6.45, 7) is 6.03. The van der Waals surface area contributed by atoms with Gasteiger partial charge in [0, 0.05) is 24.5 Å². The third-order valence-corrected chi connectivity index (χ3v) is 5.97. The number of rotatable bonds is 5. The molecule has 1 N–H and O–H groups in total. The molecule has 1 aliphatic heterocycles. The van der Waals surface area contributed by atoms with Crippen LogP contribution in [0.3, 0.4) is 0 Å². The third-order valence-electron chi connectivity index (χ3n) is 5.97. The van der Waals surface area contributed by atoms with Gasteiger partial charge in [0.2, 0.25) is 0 Å². The molecular weight excluding hydrogens is 372 g/mol. The highest BCUT2D eigenvalue weighted by atomic mass is 16.1. The first-order valence-corrected chi connectivity index (χ1v) is 11.4. The summed E-state index contributed by atoms with van der Waals surface area (Å²) in [5, 5.41) is 3.33. The van der Waals surface area contributed by atoms with Crippen LogP contribution in [0.1, 0.15) is 71.4 Å². The van der Waals surface area contributed by atoms with Crippen molar-refractivity contribution >= 4 is 17.7 Å². The molecule has 30 heavy (non-hydrogen) atoms. The van der Waals surface area contributed by atoms with Gasteiger partial charge in [-0.05, 0) is 50.2 Å². The van der Waals surface area contributed by atoms with Gasteiger partial charge in [-0.15, -0.1) is 0 Å². The van der Waals surface area contributed by atoms with Gasteiger partial charge < -0.3 is 10.2 Å². The Bertz CT molecular complexity index is 812. The van der Waals surface area contributed by atoms with E-state index in [-0.39, 0.29) is 5.78 Å². The number of aromatic nitrogens is 1. The van der Waals surface area contributed by atoms with Crippen molar-refractivity contribution in [3.05, 3.63) is 47.3 Å². The van der Waals surface area contributed by atoms with Crippen LogP contribution in [-0.4, -0.2) is 28.9 Å². The molecule has 2 fully saturated rings. The average Bonchev–Trinajstić information content (AvgIpc) is 3.53. The van der Waals surface area contributed by atoms with Crippen LogP contribution in [0, 0.1) is 11.8 Å². The zero-order chi connectivity index (χ0) is 21.5. The Kier molecular flexibility index (Phi) is 7.83. The minimum absolute atomic E-state index is 0.139. The van der Waals surface area contributed by atoms with Gasteiger partial charge in [0.15, 0.2) is 5.78 Å². The Morgan fingerprint density at radius 1 is 1.17 bits per heavy atom. The van der Waals surface area contributed by atoms with E-state index >= 15 is 0 Å². The molecule has 0 bridgehead atoms. The van der Waals surface area contributed by atoms with E-state index in [1.165, 1.54) is 32.1 Å². The van der Waals surface area contributed by atoms with Crippen molar-refractivity contribution < 1.29 is 4.79 Å². The lowest BCUT2D eigenvalue weighted by molar-refractivity contribution is -0.114. The van der Waals surface area contributed by atoms with E-state index < -0.39 is 0 Å². The second-order valence-corrected chi connectivity index (χ2v) is 8.78. The number of hydrogen-bond donors (Lipinski definition) is 1. The van der Waals surface area contributed by atoms with Gasteiger partial charge in [0.05, 0.1) is 23.8 Å². The maximum Gasteiger partial charge on any atom is 0.159 e. The van der Waals surface area contributed by atoms with Crippen LogP contribution < -0.4 is 5.32 Å². The van der Waals surface area contributed by atoms with E-state index in [4.69, 9.17) is 0 Å². The van der Waals surface area contributed by atoms with Gasteiger partial charge in [0.25, 0.3) is 0 Å². The molecule has 4 rings (SSSR count). The van der Waals surface area contributed by atoms with Crippen molar-refractivity contribution in [2.24, 2.45) is 16.8 Å². The van der Waals surface area contributed by atoms with E-state index in [0.717, 1.165) is 53.7 Å². The maximum atomic E-state index is 12.3. The fraction of sp³-hybridized carbons (Fsp3) is 0.560. The molecule has 2 heterocycles. The number of nitrogens with zero attached hydrogens (tertiary/aromatic N) is 3. The Morgan fingerprint density at radius 3 is 2.37 bits per heavy atom. The van der Waals surface area contributed by atoms with Crippen LogP contribution in [0.15, 0.2) is 46.6 Å². The number of Topliss-reactive ketones (excluding diaryl/α,β-unsaturated/α-hetero) is 1. The molecular formula is C25H36N4O. The predicted octanol–water partition coefficient (Wildman–Crippen LogP) is 5.71. The number of carbonyl (C=O) groups excluding carboxylic acids is 1. The molecule has 0 spiro atoms. The SMILES string of the molecule is CC1CC1.CCc1ccc(NC2=CN(C)/C(=C(\C(C)=O)C3CCCCC3)N=C2)cn1. The molecule has 162 valence electrons. The van der Waals surface area contributed by atoms with E-state index in [2.05, 4.69) is 29.1 Å². The summed E-state index contributed by atoms with van der Waals surface area (Å²) in [7, 11) is 1.96. The molecule has 2 aliphatic carbocycles. The summed E-state index contributed by atoms with van der Waals surface area (Å²) in [5.74, 6) is 2.35. The van der Waals surface area contributed by atoms with Gasteiger partial charge >= 0.3 is 0 Å². The second-order valence-electron chi connectivity index (χ2n) is 8.78. The van der Waals surface area contributed by atoms with E-state index in [1.54, 1.807) is 13.1 Å². The number of nitrogens with one attached hydrogen (secondary N) is 1. The molecule has 2 saturated carbocycles. The second kappa shape index (κ2) is 10.6. The number of ketones is 1. The van der Waals surface area contributed by atoms with Crippen molar-refractivity contribution in [3.8, 4) is 0 Å². The van der Waals surface area contributed by atoms with Crippen LogP contribution >= 0.6 is 0 Å². The number of aliphatic imine (C=N–C) groups is 1.